The van der Waals surface area contributed by atoms with Crippen molar-refractivity contribution in [1.82, 2.24) is 14.8 Å². The molecule has 2 aromatic rings. The van der Waals surface area contributed by atoms with Crippen LogP contribution in [0.15, 0.2) is 18.2 Å². The van der Waals surface area contributed by atoms with Gasteiger partial charge >= 0.3 is 5.97 Å². The Bertz CT molecular complexity index is 925. The summed E-state index contributed by atoms with van der Waals surface area (Å²) in [7, 11) is 1.42. The smallest absolute Gasteiger partial charge is 0.310 e. The molecule has 3 atom stereocenters. The quantitative estimate of drug-likeness (QED) is 0.796. The zero-order valence-corrected chi connectivity index (χ0v) is 17.3. The number of amides is 1. The molecule has 150 valence electrons. The highest BCUT2D eigenvalue weighted by Crippen LogP contribution is 2.36. The first-order valence-electron chi connectivity index (χ1n) is 9.81. The van der Waals surface area contributed by atoms with Crippen LogP contribution in [0.2, 0.25) is 5.02 Å². The minimum atomic E-state index is -0.221. The monoisotopic (exact) mass is 403 g/mol. The lowest BCUT2D eigenvalue weighted by Crippen LogP contribution is -2.56. The molecule has 7 heteroatoms. The molecule has 1 amide bonds. The summed E-state index contributed by atoms with van der Waals surface area (Å²) in [5.74, 6) is -0.323. The van der Waals surface area contributed by atoms with Gasteiger partial charge in [0.15, 0.2) is 0 Å². The Balaban J connectivity index is 1.54. The number of H-pyrrole nitrogens is 1. The Labute approximate surface area is 169 Å². The first-order valence-corrected chi connectivity index (χ1v) is 10.2. The van der Waals surface area contributed by atoms with E-state index in [1.54, 1.807) is 0 Å². The second kappa shape index (κ2) is 7.41. The van der Waals surface area contributed by atoms with Gasteiger partial charge in [0.25, 0.3) is 0 Å². The number of nitrogens with zero attached hydrogens (tertiary/aromatic N) is 2. The summed E-state index contributed by atoms with van der Waals surface area (Å²) in [5, 5.41) is 1.83. The average molecular weight is 404 g/mol. The van der Waals surface area contributed by atoms with Crippen molar-refractivity contribution in [3.8, 4) is 0 Å². The summed E-state index contributed by atoms with van der Waals surface area (Å²) >= 11 is 6.14. The van der Waals surface area contributed by atoms with E-state index < -0.39 is 0 Å². The summed E-state index contributed by atoms with van der Waals surface area (Å²) < 4.78 is 4.98. The van der Waals surface area contributed by atoms with Gasteiger partial charge in [0.2, 0.25) is 5.91 Å². The number of hydrogen-bond acceptors (Lipinski definition) is 4. The van der Waals surface area contributed by atoms with Gasteiger partial charge in [-0.1, -0.05) is 18.5 Å². The zero-order valence-electron chi connectivity index (χ0n) is 16.5. The normalized spacial score (nSPS) is 25.4. The maximum absolute atomic E-state index is 12.9. The third-order valence-corrected chi connectivity index (χ3v) is 6.52. The molecule has 28 heavy (non-hydrogen) atoms. The maximum atomic E-state index is 12.9. The molecule has 2 aliphatic rings. The molecular formula is C21H26ClN3O3. The minimum Gasteiger partial charge on any atom is -0.469 e. The molecule has 1 aromatic carbocycles. The molecule has 0 spiro atoms. The number of ether oxygens (including phenoxy) is 1. The van der Waals surface area contributed by atoms with Gasteiger partial charge in [0, 0.05) is 46.8 Å². The highest BCUT2D eigenvalue weighted by molar-refractivity contribution is 6.31. The summed E-state index contributed by atoms with van der Waals surface area (Å²) in [4.78, 5) is 32.7. The molecule has 0 unspecified atom stereocenters. The van der Waals surface area contributed by atoms with Gasteiger partial charge in [-0.2, -0.15) is 0 Å². The second-order valence-corrected chi connectivity index (χ2v) is 8.32. The Morgan fingerprint density at radius 1 is 1.39 bits per heavy atom. The lowest BCUT2D eigenvalue weighted by atomic mass is 9.97. The number of hydrogen-bond donors (Lipinski definition) is 1. The number of aromatic nitrogens is 1. The van der Waals surface area contributed by atoms with Crippen molar-refractivity contribution in [2.24, 2.45) is 5.92 Å². The van der Waals surface area contributed by atoms with E-state index in [1.807, 2.05) is 30.0 Å². The van der Waals surface area contributed by atoms with Crippen LogP contribution in [0.1, 0.15) is 31.0 Å². The molecule has 3 heterocycles. The molecule has 2 fully saturated rings. The summed E-state index contributed by atoms with van der Waals surface area (Å²) in [6, 6.07) is 5.85. The third kappa shape index (κ3) is 3.18. The maximum Gasteiger partial charge on any atom is 0.310 e. The predicted molar refractivity (Wildman–Crippen MR) is 108 cm³/mol. The number of benzene rings is 1. The van der Waals surface area contributed by atoms with E-state index in [1.165, 1.54) is 7.11 Å². The summed E-state index contributed by atoms with van der Waals surface area (Å²) in [5.41, 5.74) is 3.32. The molecule has 0 saturated carbocycles. The minimum absolute atomic E-state index is 0.0518. The third-order valence-electron chi connectivity index (χ3n) is 6.28. The van der Waals surface area contributed by atoms with E-state index >= 15 is 0 Å². The summed E-state index contributed by atoms with van der Waals surface area (Å²) in [6.07, 6.45) is 1.44. The Morgan fingerprint density at radius 3 is 2.89 bits per heavy atom. The topological polar surface area (TPSA) is 65.6 Å². The van der Waals surface area contributed by atoms with Gasteiger partial charge in [-0.25, -0.2) is 0 Å². The van der Waals surface area contributed by atoms with Crippen LogP contribution < -0.4 is 0 Å². The molecule has 1 N–H and O–H groups in total. The van der Waals surface area contributed by atoms with Crippen molar-refractivity contribution in [1.29, 1.82) is 0 Å². The molecule has 2 saturated heterocycles. The number of halogens is 1. The van der Waals surface area contributed by atoms with Crippen LogP contribution in [0, 0.1) is 12.8 Å². The van der Waals surface area contributed by atoms with Crippen LogP contribution in [-0.2, 0) is 20.9 Å². The van der Waals surface area contributed by atoms with E-state index in [9.17, 15) is 9.59 Å². The number of esters is 1. The number of aryl methyl sites for hydroxylation is 1. The standard InChI is InChI=1S/C21H26ClN3O3/c1-4-19-16(21(27)28-3)8-14-9-24(11-20(26)25(14)19)10-18-12(2)15-7-13(22)5-6-17(15)23-18/h5-7,14,16,19,23H,4,8-11H2,1-3H3/t14-,16-,19-/m0/s1. The van der Waals surface area contributed by atoms with Crippen LogP contribution in [0.25, 0.3) is 10.9 Å². The van der Waals surface area contributed by atoms with E-state index in [4.69, 9.17) is 16.3 Å². The fourth-order valence-corrected chi connectivity index (χ4v) is 5.13. The SMILES string of the molecule is CC[C@H]1[C@@H](C(=O)OC)C[C@H]2CN(Cc3[nH]c4ccc(Cl)cc4c3C)CC(=O)N21. The highest BCUT2D eigenvalue weighted by Gasteiger charge is 2.49. The molecule has 1 aromatic heterocycles. The molecule has 4 rings (SSSR count). The largest absolute Gasteiger partial charge is 0.469 e. The highest BCUT2D eigenvalue weighted by atomic mass is 35.5. The van der Waals surface area contributed by atoms with E-state index in [-0.39, 0.29) is 29.9 Å². The van der Waals surface area contributed by atoms with Gasteiger partial charge in [0.1, 0.15) is 0 Å². The Morgan fingerprint density at radius 2 is 2.18 bits per heavy atom. The molecule has 0 aliphatic carbocycles. The number of rotatable bonds is 4. The van der Waals surface area contributed by atoms with Crippen molar-refractivity contribution in [2.75, 3.05) is 20.2 Å². The van der Waals surface area contributed by atoms with Gasteiger partial charge in [-0.3, -0.25) is 14.5 Å². The lowest BCUT2D eigenvalue weighted by molar-refractivity contribution is -0.147. The first kappa shape index (κ1) is 19.3. The number of methoxy groups -OCH3 is 1. The number of carbonyl (C=O) groups excluding carboxylic acids is 2. The van der Waals surface area contributed by atoms with E-state index in [2.05, 4.69) is 16.8 Å². The van der Waals surface area contributed by atoms with Crippen molar-refractivity contribution >= 4 is 34.4 Å². The van der Waals surface area contributed by atoms with Gasteiger partial charge in [-0.05, 0) is 43.5 Å². The van der Waals surface area contributed by atoms with Crippen LogP contribution in [0.4, 0.5) is 0 Å². The van der Waals surface area contributed by atoms with Crippen molar-refractivity contribution in [2.45, 2.75) is 45.3 Å². The predicted octanol–water partition coefficient (Wildman–Crippen LogP) is 3.11. The number of nitrogens with one attached hydrogen (secondary N) is 1. The van der Waals surface area contributed by atoms with Crippen molar-refractivity contribution < 1.29 is 14.3 Å². The fraction of sp³-hybridized carbons (Fsp3) is 0.524. The van der Waals surface area contributed by atoms with Gasteiger partial charge < -0.3 is 14.6 Å². The molecule has 0 bridgehead atoms. The number of carbonyl (C=O) groups is 2. The molecular weight excluding hydrogens is 378 g/mol. The lowest BCUT2D eigenvalue weighted by Gasteiger charge is -2.39. The summed E-state index contributed by atoms with van der Waals surface area (Å²) in [6.45, 7) is 5.93. The Hall–Kier alpha value is -2.05. The first-order chi connectivity index (χ1) is 13.4. The van der Waals surface area contributed by atoms with Crippen LogP contribution in [0.3, 0.4) is 0 Å². The van der Waals surface area contributed by atoms with Crippen LogP contribution in [-0.4, -0.2) is 58.9 Å². The Kier molecular flexibility index (Phi) is 5.10. The van der Waals surface area contributed by atoms with E-state index in [0.29, 0.717) is 19.5 Å². The van der Waals surface area contributed by atoms with Gasteiger partial charge in [0.05, 0.1) is 19.6 Å². The fourth-order valence-electron chi connectivity index (χ4n) is 4.96. The molecule has 0 radical (unpaired) electrons. The van der Waals surface area contributed by atoms with Crippen LogP contribution >= 0.6 is 11.6 Å². The van der Waals surface area contributed by atoms with Crippen molar-refractivity contribution in [3.05, 3.63) is 34.5 Å². The number of fused-ring (bicyclic) bond motifs is 2. The molecule has 6 nitrogen and oxygen atoms in total. The van der Waals surface area contributed by atoms with Crippen molar-refractivity contribution in [3.63, 3.8) is 0 Å². The van der Waals surface area contributed by atoms with E-state index in [0.717, 1.165) is 40.1 Å². The van der Waals surface area contributed by atoms with Gasteiger partial charge in [-0.15, -0.1) is 0 Å². The number of piperazine rings is 1. The average Bonchev–Trinajstić information content (AvgIpc) is 3.19. The molecule has 2 aliphatic heterocycles. The van der Waals surface area contributed by atoms with Crippen LogP contribution in [0.5, 0.6) is 0 Å². The zero-order chi connectivity index (χ0) is 20.0. The number of aromatic amines is 1. The second-order valence-electron chi connectivity index (χ2n) is 7.88.